The van der Waals surface area contributed by atoms with E-state index in [1.807, 2.05) is 0 Å². The molecule has 0 heterocycles. The smallest absolute Gasteiger partial charge is 0.259 e. The minimum atomic E-state index is -0.870. The quantitative estimate of drug-likeness (QED) is 0.826. The molecule has 3 nitrogen and oxygen atoms in total. The van der Waals surface area contributed by atoms with Gasteiger partial charge < -0.3 is 10.4 Å². The average molecular weight is 328 g/mol. The van der Waals surface area contributed by atoms with Crippen LogP contribution in [0.4, 0.5) is 14.5 Å². The van der Waals surface area contributed by atoms with E-state index < -0.39 is 23.3 Å². The van der Waals surface area contributed by atoms with Crippen LogP contribution in [0.15, 0.2) is 40.9 Å². The van der Waals surface area contributed by atoms with Crippen LogP contribution in [-0.4, -0.2) is 11.0 Å². The molecule has 0 saturated heterocycles. The number of phenolic OH excluding ortho intramolecular Hbond substituents is 1. The van der Waals surface area contributed by atoms with Gasteiger partial charge in [0.2, 0.25) is 0 Å². The third-order valence-corrected chi connectivity index (χ3v) is 3.06. The van der Waals surface area contributed by atoms with Crippen molar-refractivity contribution in [2.45, 2.75) is 0 Å². The Bertz CT molecular complexity index is 626. The molecule has 2 aromatic rings. The van der Waals surface area contributed by atoms with Crippen LogP contribution in [0.2, 0.25) is 0 Å². The van der Waals surface area contributed by atoms with Crippen LogP contribution >= 0.6 is 15.9 Å². The Morgan fingerprint density at radius 1 is 1.16 bits per heavy atom. The van der Waals surface area contributed by atoms with Crippen molar-refractivity contribution >= 4 is 27.5 Å². The predicted molar refractivity (Wildman–Crippen MR) is 70.1 cm³/mol. The Hall–Kier alpha value is -1.95. The number of hydrogen-bond donors (Lipinski definition) is 2. The molecule has 0 fully saturated rings. The molecular formula is C13H8BrF2NO2. The zero-order valence-corrected chi connectivity index (χ0v) is 11.0. The number of phenols is 1. The van der Waals surface area contributed by atoms with E-state index in [0.717, 1.165) is 18.2 Å². The lowest BCUT2D eigenvalue weighted by Crippen LogP contribution is -2.14. The Labute approximate surface area is 116 Å². The Morgan fingerprint density at radius 2 is 1.89 bits per heavy atom. The van der Waals surface area contributed by atoms with Crippen LogP contribution in [0.1, 0.15) is 10.4 Å². The minimum Gasteiger partial charge on any atom is -0.505 e. The van der Waals surface area contributed by atoms with Crippen molar-refractivity contribution < 1.29 is 18.7 Å². The first-order valence-electron chi connectivity index (χ1n) is 5.23. The molecule has 0 bridgehead atoms. The number of rotatable bonds is 2. The lowest BCUT2D eigenvalue weighted by atomic mass is 10.2. The first-order chi connectivity index (χ1) is 8.99. The molecule has 0 radical (unpaired) electrons. The molecule has 0 atom stereocenters. The summed E-state index contributed by atoms with van der Waals surface area (Å²) in [5, 5.41) is 11.4. The second-order valence-electron chi connectivity index (χ2n) is 3.72. The minimum absolute atomic E-state index is 0.121. The SMILES string of the molecule is O=C(Nc1ccc(O)c(F)c1)c1c(F)cccc1Br. The van der Waals surface area contributed by atoms with E-state index in [9.17, 15) is 13.6 Å². The molecule has 1 amide bonds. The van der Waals surface area contributed by atoms with Gasteiger partial charge in [-0.05, 0) is 40.2 Å². The monoisotopic (exact) mass is 327 g/mol. The molecule has 2 aromatic carbocycles. The van der Waals surface area contributed by atoms with E-state index in [4.69, 9.17) is 5.11 Å². The summed E-state index contributed by atoms with van der Waals surface area (Å²) < 4.78 is 26.9. The van der Waals surface area contributed by atoms with Gasteiger partial charge in [-0.1, -0.05) is 6.07 Å². The van der Waals surface area contributed by atoms with E-state index >= 15 is 0 Å². The van der Waals surface area contributed by atoms with Gasteiger partial charge in [0.25, 0.3) is 5.91 Å². The Balaban J connectivity index is 2.28. The van der Waals surface area contributed by atoms with Crippen molar-refractivity contribution in [1.29, 1.82) is 0 Å². The first kappa shape index (κ1) is 13.5. The van der Waals surface area contributed by atoms with Crippen molar-refractivity contribution in [2.75, 3.05) is 5.32 Å². The number of carbonyl (C=O) groups excluding carboxylic acids is 1. The fourth-order valence-corrected chi connectivity index (χ4v) is 2.02. The summed E-state index contributed by atoms with van der Waals surface area (Å²) in [7, 11) is 0. The molecule has 0 aliphatic heterocycles. The van der Waals surface area contributed by atoms with Crippen LogP contribution < -0.4 is 5.32 Å². The number of carbonyl (C=O) groups is 1. The summed E-state index contributed by atoms with van der Waals surface area (Å²) in [6.45, 7) is 0. The fourth-order valence-electron chi connectivity index (χ4n) is 1.49. The summed E-state index contributed by atoms with van der Waals surface area (Å²) in [6, 6.07) is 7.48. The summed E-state index contributed by atoms with van der Waals surface area (Å²) in [5.74, 6) is -2.79. The van der Waals surface area contributed by atoms with Crippen molar-refractivity contribution in [3.05, 3.63) is 58.1 Å². The number of benzene rings is 2. The molecule has 0 saturated carbocycles. The van der Waals surface area contributed by atoms with Gasteiger partial charge in [0, 0.05) is 16.2 Å². The molecule has 0 aliphatic carbocycles. The zero-order valence-electron chi connectivity index (χ0n) is 9.45. The molecule has 2 rings (SSSR count). The normalized spacial score (nSPS) is 10.3. The lowest BCUT2D eigenvalue weighted by Gasteiger charge is -2.08. The Morgan fingerprint density at radius 3 is 2.53 bits per heavy atom. The second kappa shape index (κ2) is 5.36. The number of amides is 1. The molecule has 98 valence electrons. The molecular weight excluding hydrogens is 320 g/mol. The van der Waals surface area contributed by atoms with E-state index in [-0.39, 0.29) is 11.3 Å². The van der Waals surface area contributed by atoms with E-state index in [1.54, 1.807) is 0 Å². The maximum absolute atomic E-state index is 13.5. The highest BCUT2D eigenvalue weighted by atomic mass is 79.9. The molecule has 0 spiro atoms. The first-order valence-corrected chi connectivity index (χ1v) is 6.02. The highest BCUT2D eigenvalue weighted by Crippen LogP contribution is 2.23. The largest absolute Gasteiger partial charge is 0.505 e. The van der Waals surface area contributed by atoms with Gasteiger partial charge in [-0.3, -0.25) is 4.79 Å². The van der Waals surface area contributed by atoms with Crippen molar-refractivity contribution in [3.63, 3.8) is 0 Å². The summed E-state index contributed by atoms with van der Waals surface area (Å²) in [6.07, 6.45) is 0. The summed E-state index contributed by atoms with van der Waals surface area (Å²) in [5.41, 5.74) is -0.0496. The number of halogens is 3. The molecule has 2 N–H and O–H groups in total. The van der Waals surface area contributed by atoms with Crippen LogP contribution in [0.3, 0.4) is 0 Å². The molecule has 0 aromatic heterocycles. The highest BCUT2D eigenvalue weighted by molar-refractivity contribution is 9.10. The van der Waals surface area contributed by atoms with Gasteiger partial charge in [-0.15, -0.1) is 0 Å². The summed E-state index contributed by atoms with van der Waals surface area (Å²) in [4.78, 5) is 11.9. The fraction of sp³-hybridized carbons (Fsp3) is 0. The van der Waals surface area contributed by atoms with Crippen LogP contribution in [0.25, 0.3) is 0 Å². The molecule has 0 aliphatic rings. The third-order valence-electron chi connectivity index (χ3n) is 2.40. The van der Waals surface area contributed by atoms with Gasteiger partial charge in [-0.2, -0.15) is 0 Å². The van der Waals surface area contributed by atoms with Crippen molar-refractivity contribution in [2.24, 2.45) is 0 Å². The van der Waals surface area contributed by atoms with Crippen LogP contribution in [0, 0.1) is 11.6 Å². The van der Waals surface area contributed by atoms with Crippen LogP contribution in [-0.2, 0) is 0 Å². The predicted octanol–water partition coefficient (Wildman–Crippen LogP) is 3.69. The average Bonchev–Trinajstić information content (AvgIpc) is 2.33. The summed E-state index contributed by atoms with van der Waals surface area (Å²) >= 11 is 3.07. The maximum atomic E-state index is 13.5. The number of hydrogen-bond acceptors (Lipinski definition) is 2. The van der Waals surface area contributed by atoms with Gasteiger partial charge in [0.1, 0.15) is 5.82 Å². The lowest BCUT2D eigenvalue weighted by molar-refractivity contribution is 0.102. The third kappa shape index (κ3) is 2.90. The number of anilines is 1. The van der Waals surface area contributed by atoms with Crippen LogP contribution in [0.5, 0.6) is 5.75 Å². The zero-order chi connectivity index (χ0) is 14.0. The Kier molecular flexibility index (Phi) is 3.80. The van der Waals surface area contributed by atoms with Gasteiger partial charge >= 0.3 is 0 Å². The topological polar surface area (TPSA) is 49.3 Å². The number of aromatic hydroxyl groups is 1. The van der Waals surface area contributed by atoms with E-state index in [2.05, 4.69) is 21.2 Å². The standard InChI is InChI=1S/C13H8BrF2NO2/c14-8-2-1-3-9(15)12(8)13(19)17-7-4-5-11(18)10(16)6-7/h1-6,18H,(H,17,19). The van der Waals surface area contributed by atoms with Gasteiger partial charge in [-0.25, -0.2) is 8.78 Å². The van der Waals surface area contributed by atoms with Crippen molar-refractivity contribution in [1.82, 2.24) is 0 Å². The van der Waals surface area contributed by atoms with Gasteiger partial charge in [0.15, 0.2) is 11.6 Å². The van der Waals surface area contributed by atoms with Gasteiger partial charge in [0.05, 0.1) is 5.56 Å². The second-order valence-corrected chi connectivity index (χ2v) is 4.57. The molecule has 6 heteroatoms. The molecule has 0 unspecified atom stereocenters. The number of nitrogens with one attached hydrogen (secondary N) is 1. The molecule has 19 heavy (non-hydrogen) atoms. The maximum Gasteiger partial charge on any atom is 0.259 e. The highest BCUT2D eigenvalue weighted by Gasteiger charge is 2.16. The van der Waals surface area contributed by atoms with E-state index in [0.29, 0.717) is 4.47 Å². The van der Waals surface area contributed by atoms with E-state index in [1.165, 1.54) is 18.2 Å². The van der Waals surface area contributed by atoms with Crippen molar-refractivity contribution in [3.8, 4) is 5.75 Å².